The van der Waals surface area contributed by atoms with Crippen molar-refractivity contribution < 1.29 is 23.8 Å². The van der Waals surface area contributed by atoms with Crippen LogP contribution in [0.4, 0.5) is 5.69 Å². The number of amides is 1. The zero-order valence-corrected chi connectivity index (χ0v) is 13.1. The lowest BCUT2D eigenvalue weighted by Crippen LogP contribution is -2.35. The van der Waals surface area contributed by atoms with Gasteiger partial charge in [-0.2, -0.15) is 0 Å². The van der Waals surface area contributed by atoms with Gasteiger partial charge in [0.1, 0.15) is 17.6 Å². The van der Waals surface area contributed by atoms with E-state index in [0.29, 0.717) is 17.2 Å². The van der Waals surface area contributed by atoms with Gasteiger partial charge in [-0.25, -0.2) is 0 Å². The van der Waals surface area contributed by atoms with Crippen molar-refractivity contribution >= 4 is 17.6 Å². The van der Waals surface area contributed by atoms with Crippen LogP contribution in [0.25, 0.3) is 0 Å². The highest BCUT2D eigenvalue weighted by atomic mass is 16.6. The number of nitrogens with one attached hydrogen (secondary N) is 1. The fourth-order valence-electron chi connectivity index (χ4n) is 4.49. The number of fused-ring (bicyclic) bond motifs is 1. The minimum Gasteiger partial charge on any atom is -0.497 e. The van der Waals surface area contributed by atoms with Crippen LogP contribution in [0.5, 0.6) is 11.5 Å². The number of rotatable bonds is 4. The number of hydrogen-bond donors (Lipinski definition) is 1. The molecule has 1 amide bonds. The van der Waals surface area contributed by atoms with Crippen molar-refractivity contribution in [2.24, 2.45) is 23.7 Å². The predicted molar refractivity (Wildman–Crippen MR) is 81.2 cm³/mol. The number of carbonyl (C=O) groups excluding carboxylic acids is 2. The van der Waals surface area contributed by atoms with Crippen molar-refractivity contribution in [3.8, 4) is 11.5 Å². The van der Waals surface area contributed by atoms with Crippen LogP contribution in [0.1, 0.15) is 12.8 Å². The number of esters is 1. The molecule has 1 N–H and O–H groups in total. The smallest absolute Gasteiger partial charge is 0.310 e. The molecule has 0 unspecified atom stereocenters. The summed E-state index contributed by atoms with van der Waals surface area (Å²) >= 11 is 0. The van der Waals surface area contributed by atoms with Gasteiger partial charge in [0, 0.05) is 12.0 Å². The Balaban J connectivity index is 1.58. The molecule has 3 fully saturated rings. The van der Waals surface area contributed by atoms with Gasteiger partial charge in [-0.15, -0.1) is 0 Å². The van der Waals surface area contributed by atoms with Gasteiger partial charge >= 0.3 is 5.97 Å². The summed E-state index contributed by atoms with van der Waals surface area (Å²) in [5.41, 5.74) is 0.558. The molecule has 1 aliphatic heterocycles. The standard InChI is InChI=1S/C17H19NO5/c1-21-9-3-4-12(22-2)11(7-9)18-16(19)14-8-5-10-13(6-8)23-17(20)15(10)14/h3-4,7-8,10,13-15H,5-6H2,1-2H3,(H,18,19)/t8-,10+,13-,14-,15+/m0/s1. The number of methoxy groups -OCH3 is 2. The second kappa shape index (κ2) is 5.15. The zero-order valence-electron chi connectivity index (χ0n) is 13.1. The molecular weight excluding hydrogens is 298 g/mol. The first kappa shape index (κ1) is 14.4. The van der Waals surface area contributed by atoms with Crippen LogP contribution in [0.15, 0.2) is 18.2 Å². The quantitative estimate of drug-likeness (QED) is 0.858. The summed E-state index contributed by atoms with van der Waals surface area (Å²) < 4.78 is 15.9. The molecule has 4 rings (SSSR count). The van der Waals surface area contributed by atoms with E-state index in [1.807, 2.05) is 0 Å². The van der Waals surface area contributed by atoms with E-state index in [1.54, 1.807) is 32.4 Å². The fraction of sp³-hybridized carbons (Fsp3) is 0.529. The molecule has 5 atom stereocenters. The van der Waals surface area contributed by atoms with Crippen molar-refractivity contribution in [1.29, 1.82) is 0 Å². The first-order valence-electron chi connectivity index (χ1n) is 7.85. The van der Waals surface area contributed by atoms with E-state index in [1.165, 1.54) is 0 Å². The van der Waals surface area contributed by atoms with Crippen molar-refractivity contribution in [3.63, 3.8) is 0 Å². The molecule has 1 heterocycles. The lowest BCUT2D eigenvalue weighted by Gasteiger charge is -2.24. The van der Waals surface area contributed by atoms with Crippen LogP contribution in [-0.4, -0.2) is 32.2 Å². The van der Waals surface area contributed by atoms with Crippen LogP contribution < -0.4 is 14.8 Å². The molecule has 6 heteroatoms. The fourth-order valence-corrected chi connectivity index (χ4v) is 4.49. The summed E-state index contributed by atoms with van der Waals surface area (Å²) in [6.45, 7) is 0. The van der Waals surface area contributed by atoms with E-state index in [9.17, 15) is 9.59 Å². The van der Waals surface area contributed by atoms with Gasteiger partial charge < -0.3 is 19.5 Å². The summed E-state index contributed by atoms with van der Waals surface area (Å²) in [5, 5.41) is 2.91. The maximum Gasteiger partial charge on any atom is 0.310 e. The number of benzene rings is 1. The van der Waals surface area contributed by atoms with E-state index < -0.39 is 0 Å². The van der Waals surface area contributed by atoms with Crippen LogP contribution in [0, 0.1) is 23.7 Å². The number of hydrogen-bond acceptors (Lipinski definition) is 5. The Kier molecular flexibility index (Phi) is 3.21. The molecule has 0 spiro atoms. The molecule has 3 aliphatic rings. The minimum absolute atomic E-state index is 0.0351. The Morgan fingerprint density at radius 2 is 2.09 bits per heavy atom. The summed E-state index contributed by atoms with van der Waals surface area (Å²) in [7, 11) is 3.12. The van der Waals surface area contributed by atoms with Gasteiger partial charge in [0.05, 0.1) is 31.7 Å². The van der Waals surface area contributed by atoms with E-state index >= 15 is 0 Å². The lowest BCUT2D eigenvalue weighted by molar-refractivity contribution is -0.145. The summed E-state index contributed by atoms with van der Waals surface area (Å²) in [5.74, 6) is 0.721. The van der Waals surface area contributed by atoms with E-state index in [0.717, 1.165) is 12.8 Å². The molecule has 2 bridgehead atoms. The highest BCUT2D eigenvalue weighted by Crippen LogP contribution is 2.57. The first-order valence-corrected chi connectivity index (χ1v) is 7.85. The van der Waals surface area contributed by atoms with Gasteiger partial charge in [0.25, 0.3) is 0 Å². The average Bonchev–Trinajstić information content (AvgIpc) is 3.16. The first-order chi connectivity index (χ1) is 11.1. The van der Waals surface area contributed by atoms with Crippen molar-refractivity contribution in [2.75, 3.05) is 19.5 Å². The van der Waals surface area contributed by atoms with Crippen LogP contribution >= 0.6 is 0 Å². The second-order valence-corrected chi connectivity index (χ2v) is 6.48. The third kappa shape index (κ3) is 2.08. The summed E-state index contributed by atoms with van der Waals surface area (Å²) in [6, 6.07) is 5.24. The monoisotopic (exact) mass is 317 g/mol. The molecule has 1 saturated heterocycles. The zero-order chi connectivity index (χ0) is 16.1. The molecule has 2 saturated carbocycles. The van der Waals surface area contributed by atoms with Crippen LogP contribution in [0.2, 0.25) is 0 Å². The Morgan fingerprint density at radius 3 is 2.83 bits per heavy atom. The lowest BCUT2D eigenvalue weighted by atomic mass is 9.79. The SMILES string of the molecule is COc1ccc(OC)c(NC(=O)[C@H]2[C@H]3C[C@H]4[C@H]2C(=O)O[C@H]4C3)c1. The Bertz CT molecular complexity index is 671. The summed E-state index contributed by atoms with van der Waals surface area (Å²) in [6.07, 6.45) is 1.75. The molecule has 6 nitrogen and oxygen atoms in total. The predicted octanol–water partition coefficient (Wildman–Crippen LogP) is 1.84. The molecule has 2 aliphatic carbocycles. The van der Waals surface area contributed by atoms with Crippen LogP contribution in [0.3, 0.4) is 0 Å². The largest absolute Gasteiger partial charge is 0.497 e. The topological polar surface area (TPSA) is 73.9 Å². The normalized spacial score (nSPS) is 33.5. The Morgan fingerprint density at radius 1 is 1.26 bits per heavy atom. The third-order valence-corrected chi connectivity index (χ3v) is 5.45. The Hall–Kier alpha value is -2.24. The highest BCUT2D eigenvalue weighted by Gasteiger charge is 2.63. The van der Waals surface area contributed by atoms with Gasteiger partial charge in [-0.1, -0.05) is 0 Å². The number of anilines is 1. The van der Waals surface area contributed by atoms with Gasteiger partial charge in [-0.05, 0) is 30.9 Å². The van der Waals surface area contributed by atoms with Crippen molar-refractivity contribution in [2.45, 2.75) is 18.9 Å². The average molecular weight is 317 g/mol. The molecule has 0 aromatic heterocycles. The van der Waals surface area contributed by atoms with E-state index in [4.69, 9.17) is 14.2 Å². The highest BCUT2D eigenvalue weighted by molar-refractivity contribution is 5.98. The molecule has 0 radical (unpaired) electrons. The second-order valence-electron chi connectivity index (χ2n) is 6.48. The molecule has 23 heavy (non-hydrogen) atoms. The maximum absolute atomic E-state index is 12.8. The summed E-state index contributed by atoms with van der Waals surface area (Å²) in [4.78, 5) is 24.8. The maximum atomic E-state index is 12.8. The van der Waals surface area contributed by atoms with Crippen molar-refractivity contribution in [3.05, 3.63) is 18.2 Å². The van der Waals surface area contributed by atoms with Crippen LogP contribution in [-0.2, 0) is 14.3 Å². The van der Waals surface area contributed by atoms with Crippen molar-refractivity contribution in [1.82, 2.24) is 0 Å². The Labute approximate surface area is 134 Å². The van der Waals surface area contributed by atoms with E-state index in [-0.39, 0.29) is 41.7 Å². The minimum atomic E-state index is -0.304. The molecule has 1 aromatic rings. The van der Waals surface area contributed by atoms with Gasteiger partial charge in [-0.3, -0.25) is 9.59 Å². The third-order valence-electron chi connectivity index (χ3n) is 5.45. The van der Waals surface area contributed by atoms with E-state index in [2.05, 4.69) is 5.32 Å². The molecule has 122 valence electrons. The number of ether oxygens (including phenoxy) is 3. The van der Waals surface area contributed by atoms with Gasteiger partial charge in [0.15, 0.2) is 0 Å². The molecular formula is C17H19NO5. The number of carbonyl (C=O) groups is 2. The molecule has 1 aromatic carbocycles. The van der Waals surface area contributed by atoms with Gasteiger partial charge in [0.2, 0.25) is 5.91 Å².